The highest BCUT2D eigenvalue weighted by molar-refractivity contribution is 5.41. The van der Waals surface area contributed by atoms with E-state index < -0.39 is 0 Å². The van der Waals surface area contributed by atoms with Crippen molar-refractivity contribution < 1.29 is 0 Å². The minimum atomic E-state index is -0.250. The van der Waals surface area contributed by atoms with E-state index in [-0.39, 0.29) is 50.2 Å². The average Bonchev–Trinajstić information content (AvgIpc) is 2.79. The molecule has 0 aliphatic carbocycles. The maximum atomic E-state index is 2.92. The van der Waals surface area contributed by atoms with Gasteiger partial charge in [0.05, 0.1) is 0 Å². The van der Waals surface area contributed by atoms with Gasteiger partial charge in [0, 0.05) is 44.3 Å². The Morgan fingerprint density at radius 3 is 0.448 bits per heavy atom. The second-order valence-corrected chi connectivity index (χ2v) is 14.4. The lowest BCUT2D eigenvalue weighted by molar-refractivity contribution is -0.170. The summed E-state index contributed by atoms with van der Waals surface area (Å²) in [7, 11) is 0. The van der Waals surface area contributed by atoms with Crippen LogP contribution in [-0.2, 0) is 0 Å². The van der Waals surface area contributed by atoms with Crippen LogP contribution in [0.5, 0.6) is 0 Å². The third kappa shape index (κ3) is 1.60. The molecule has 0 amide bonds. The van der Waals surface area contributed by atoms with E-state index in [0.29, 0.717) is 0 Å². The summed E-state index contributed by atoms with van der Waals surface area (Å²) >= 11 is 0. The summed E-state index contributed by atoms with van der Waals surface area (Å²) in [6, 6.07) is 0. The van der Waals surface area contributed by atoms with Crippen LogP contribution < -0.4 is 0 Å². The third-order valence-corrected chi connectivity index (χ3v) is 11.7. The molecule has 1 spiro atoms. The maximum absolute atomic E-state index is 2.92. The molecule has 29 heavy (non-hydrogen) atoms. The van der Waals surface area contributed by atoms with Crippen LogP contribution in [0.15, 0.2) is 0 Å². The molecule has 4 fully saturated rings. The summed E-state index contributed by atoms with van der Waals surface area (Å²) in [5, 5.41) is 0. The number of hydrogen-bond donors (Lipinski definition) is 0. The highest BCUT2D eigenvalue weighted by Gasteiger charge is 2.92. The van der Waals surface area contributed by atoms with Gasteiger partial charge in [0.25, 0.3) is 0 Å². The SMILES string of the molecule is CC1(C)N2C34N(C1(C)C)C(C)(C)C(C)(C)N3C(C)(C)C(C)(C)N4C(C)(C)C2(C)C. The summed E-state index contributed by atoms with van der Waals surface area (Å²) in [4.78, 5) is 11.7. The highest BCUT2D eigenvalue weighted by Crippen LogP contribution is 2.76. The fourth-order valence-corrected chi connectivity index (χ4v) is 8.58. The first-order chi connectivity index (χ1) is 12.5. The van der Waals surface area contributed by atoms with Crippen molar-refractivity contribution >= 4 is 0 Å². The van der Waals surface area contributed by atoms with E-state index in [1.807, 2.05) is 0 Å². The predicted molar refractivity (Wildman–Crippen MR) is 123 cm³/mol. The number of nitrogens with zero attached hydrogens (tertiary/aromatic N) is 4. The van der Waals surface area contributed by atoms with Gasteiger partial charge >= 0.3 is 0 Å². The third-order valence-electron chi connectivity index (χ3n) is 11.7. The molecule has 0 atom stereocenters. The highest BCUT2D eigenvalue weighted by atomic mass is 15.9. The van der Waals surface area contributed by atoms with Gasteiger partial charge in [0.1, 0.15) is 0 Å². The smallest absolute Gasteiger partial charge is 0.195 e. The fraction of sp³-hybridized carbons (Fsp3) is 1.00. The zero-order valence-electron chi connectivity index (χ0n) is 22.3. The Morgan fingerprint density at radius 1 is 0.241 bits per heavy atom. The van der Waals surface area contributed by atoms with Gasteiger partial charge in [-0.3, -0.25) is 0 Å². The second kappa shape index (κ2) is 4.63. The summed E-state index contributed by atoms with van der Waals surface area (Å²) in [5.74, 6) is -0.250. The Morgan fingerprint density at radius 2 is 0.345 bits per heavy atom. The molecule has 4 aliphatic heterocycles. The van der Waals surface area contributed by atoms with Crippen LogP contribution in [0.1, 0.15) is 111 Å². The van der Waals surface area contributed by atoms with Gasteiger partial charge in [-0.2, -0.15) is 0 Å². The van der Waals surface area contributed by atoms with Crippen molar-refractivity contribution in [3.63, 3.8) is 0 Å². The molecule has 0 bridgehead atoms. The van der Waals surface area contributed by atoms with Crippen molar-refractivity contribution in [3.05, 3.63) is 0 Å². The van der Waals surface area contributed by atoms with E-state index in [0.717, 1.165) is 0 Å². The first kappa shape index (κ1) is 22.0. The summed E-state index contributed by atoms with van der Waals surface area (Å²) in [5.41, 5.74) is 0.0400. The second-order valence-electron chi connectivity index (χ2n) is 14.4. The van der Waals surface area contributed by atoms with E-state index >= 15 is 0 Å². The van der Waals surface area contributed by atoms with Gasteiger partial charge in [-0.1, -0.05) is 0 Å². The van der Waals surface area contributed by atoms with Gasteiger partial charge in [-0.25, -0.2) is 19.6 Å². The van der Waals surface area contributed by atoms with E-state index in [9.17, 15) is 0 Å². The van der Waals surface area contributed by atoms with Gasteiger partial charge in [-0.15, -0.1) is 0 Å². The van der Waals surface area contributed by atoms with Crippen LogP contribution in [0.4, 0.5) is 0 Å². The van der Waals surface area contributed by atoms with Crippen molar-refractivity contribution in [1.82, 2.24) is 19.6 Å². The van der Waals surface area contributed by atoms with Crippen LogP contribution in [0.3, 0.4) is 0 Å². The molecule has 0 aromatic rings. The number of hydrogen-bond acceptors (Lipinski definition) is 4. The lowest BCUT2D eigenvalue weighted by atomic mass is 9.69. The molecular formula is C25H48N4. The Labute approximate surface area is 181 Å². The Balaban J connectivity index is 2.25. The Hall–Kier alpha value is -0.160. The molecule has 0 saturated carbocycles. The van der Waals surface area contributed by atoms with Crippen molar-refractivity contribution in [1.29, 1.82) is 0 Å². The quantitative estimate of drug-likeness (QED) is 0.557. The average molecular weight is 405 g/mol. The van der Waals surface area contributed by atoms with Crippen LogP contribution in [0.25, 0.3) is 0 Å². The van der Waals surface area contributed by atoms with Gasteiger partial charge < -0.3 is 0 Å². The zero-order chi connectivity index (χ0) is 22.8. The molecule has 4 saturated heterocycles. The van der Waals surface area contributed by atoms with Crippen molar-refractivity contribution in [3.8, 4) is 0 Å². The maximum Gasteiger partial charge on any atom is 0.195 e. The zero-order valence-corrected chi connectivity index (χ0v) is 22.3. The Kier molecular flexibility index (Phi) is 3.52. The monoisotopic (exact) mass is 404 g/mol. The lowest BCUT2D eigenvalue weighted by Gasteiger charge is -2.59. The number of rotatable bonds is 0. The molecule has 4 aliphatic rings. The van der Waals surface area contributed by atoms with E-state index in [1.54, 1.807) is 0 Å². The van der Waals surface area contributed by atoms with E-state index in [2.05, 4.69) is 130 Å². The molecule has 0 radical (unpaired) electrons. The van der Waals surface area contributed by atoms with Crippen LogP contribution in [0, 0.1) is 0 Å². The standard InChI is InChI=1S/C25H48N4/c1-17(2)18(3,4)27-21(9,10)22(11,12)29-24(15,16)23(13,14)28-20(7,8)19(5,6)26(17)25(27,28)29/h1-16H3. The van der Waals surface area contributed by atoms with Crippen molar-refractivity contribution in [2.75, 3.05) is 0 Å². The molecule has 4 heterocycles. The first-order valence-electron chi connectivity index (χ1n) is 11.7. The minimum Gasteiger partial charge on any atom is -0.245 e. The summed E-state index contributed by atoms with van der Waals surface area (Å²) in [6.07, 6.45) is 0. The van der Waals surface area contributed by atoms with Crippen molar-refractivity contribution in [2.24, 2.45) is 0 Å². The predicted octanol–water partition coefficient (Wildman–Crippen LogP) is 5.09. The molecule has 0 unspecified atom stereocenters. The van der Waals surface area contributed by atoms with E-state index in [4.69, 9.17) is 0 Å². The fourth-order valence-electron chi connectivity index (χ4n) is 8.58. The normalized spacial score (nSPS) is 38.9. The summed E-state index contributed by atoms with van der Waals surface area (Å²) in [6.45, 7) is 39.8. The largest absolute Gasteiger partial charge is 0.245 e. The Bertz CT molecular complexity index is 591. The first-order valence-corrected chi connectivity index (χ1v) is 11.7. The molecule has 4 rings (SSSR count). The van der Waals surface area contributed by atoms with Crippen LogP contribution in [-0.4, -0.2) is 69.8 Å². The van der Waals surface area contributed by atoms with Crippen LogP contribution >= 0.6 is 0 Å². The van der Waals surface area contributed by atoms with Gasteiger partial charge in [0.2, 0.25) is 0 Å². The van der Waals surface area contributed by atoms with Gasteiger partial charge in [0.15, 0.2) is 5.91 Å². The topological polar surface area (TPSA) is 13.0 Å². The van der Waals surface area contributed by atoms with E-state index in [1.165, 1.54) is 0 Å². The van der Waals surface area contributed by atoms with Crippen molar-refractivity contribution in [2.45, 2.75) is 161 Å². The molecule has 0 N–H and O–H groups in total. The molecule has 4 nitrogen and oxygen atoms in total. The van der Waals surface area contributed by atoms with Crippen LogP contribution in [0.2, 0.25) is 0 Å². The molecule has 168 valence electrons. The lowest BCUT2D eigenvalue weighted by Crippen LogP contribution is -2.73. The molecule has 4 heteroatoms. The molecule has 0 aromatic heterocycles. The molecule has 0 aromatic carbocycles. The minimum absolute atomic E-state index is 0.00500. The molecular weight excluding hydrogens is 356 g/mol. The summed E-state index contributed by atoms with van der Waals surface area (Å²) < 4.78 is 0. The van der Waals surface area contributed by atoms with Gasteiger partial charge in [-0.05, 0) is 111 Å².